The third kappa shape index (κ3) is 4.06. The molecule has 0 fully saturated rings. The molecule has 8 heteroatoms. The maximum absolute atomic E-state index is 12.3. The van der Waals surface area contributed by atoms with Gasteiger partial charge in [0.15, 0.2) is 5.82 Å². The molecule has 2 aromatic rings. The van der Waals surface area contributed by atoms with E-state index in [2.05, 4.69) is 20.3 Å². The Hall–Kier alpha value is -2.90. The minimum absolute atomic E-state index is 0.231. The lowest BCUT2D eigenvalue weighted by molar-refractivity contribution is 0.102. The third-order valence-corrected chi connectivity index (χ3v) is 2.89. The molecule has 0 radical (unpaired) electrons. The van der Waals surface area contributed by atoms with Crippen molar-refractivity contribution in [3.8, 4) is 11.9 Å². The molecule has 0 saturated heterocycles. The van der Waals surface area contributed by atoms with Gasteiger partial charge in [-0.2, -0.15) is 4.98 Å². The van der Waals surface area contributed by atoms with Crippen LogP contribution in [0.15, 0.2) is 24.5 Å². The van der Waals surface area contributed by atoms with Crippen LogP contribution in [0.2, 0.25) is 0 Å². The molecule has 23 heavy (non-hydrogen) atoms. The molecule has 122 valence electrons. The number of pyridine rings is 1. The number of anilines is 2. The molecule has 0 aliphatic carbocycles. The summed E-state index contributed by atoms with van der Waals surface area (Å²) in [5.74, 6) is 0.715. The average Bonchev–Trinajstić information content (AvgIpc) is 2.56. The van der Waals surface area contributed by atoms with Gasteiger partial charge in [0, 0.05) is 26.4 Å². The Morgan fingerprint density at radius 1 is 1.26 bits per heavy atom. The molecule has 0 aromatic carbocycles. The summed E-state index contributed by atoms with van der Waals surface area (Å²) >= 11 is 0. The van der Waals surface area contributed by atoms with Crippen molar-refractivity contribution < 1.29 is 14.3 Å². The monoisotopic (exact) mass is 317 g/mol. The molecule has 0 aliphatic heterocycles. The van der Waals surface area contributed by atoms with E-state index >= 15 is 0 Å². The first-order valence-corrected chi connectivity index (χ1v) is 7.03. The fourth-order valence-corrected chi connectivity index (χ4v) is 1.83. The highest BCUT2D eigenvalue weighted by Crippen LogP contribution is 2.23. The zero-order valence-corrected chi connectivity index (χ0v) is 13.5. The predicted molar refractivity (Wildman–Crippen MR) is 86.3 cm³/mol. The largest absolute Gasteiger partial charge is 0.478 e. The molecular formula is C15H19N5O3. The van der Waals surface area contributed by atoms with E-state index in [0.29, 0.717) is 29.6 Å². The molecular weight excluding hydrogens is 298 g/mol. The normalized spacial score (nSPS) is 10.1. The topological polar surface area (TPSA) is 89.5 Å². The second kappa shape index (κ2) is 7.39. The van der Waals surface area contributed by atoms with Crippen LogP contribution in [0.5, 0.6) is 11.9 Å². The quantitative estimate of drug-likeness (QED) is 0.865. The number of methoxy groups -OCH3 is 1. The Morgan fingerprint density at radius 3 is 2.61 bits per heavy atom. The molecule has 0 atom stereocenters. The van der Waals surface area contributed by atoms with E-state index in [1.807, 2.05) is 21.0 Å². The maximum atomic E-state index is 12.3. The first kappa shape index (κ1) is 16.5. The molecule has 0 aliphatic rings. The summed E-state index contributed by atoms with van der Waals surface area (Å²) in [5, 5.41) is 2.77. The minimum Gasteiger partial charge on any atom is -0.478 e. The van der Waals surface area contributed by atoms with E-state index in [-0.39, 0.29) is 11.9 Å². The van der Waals surface area contributed by atoms with Crippen molar-refractivity contribution >= 4 is 17.4 Å². The van der Waals surface area contributed by atoms with Crippen molar-refractivity contribution in [2.45, 2.75) is 6.92 Å². The smallest absolute Gasteiger partial charge is 0.318 e. The van der Waals surface area contributed by atoms with E-state index in [4.69, 9.17) is 9.47 Å². The van der Waals surface area contributed by atoms with Gasteiger partial charge in [-0.15, -0.1) is 0 Å². The van der Waals surface area contributed by atoms with Gasteiger partial charge in [-0.3, -0.25) is 4.79 Å². The van der Waals surface area contributed by atoms with Crippen LogP contribution in [0, 0.1) is 0 Å². The van der Waals surface area contributed by atoms with Gasteiger partial charge in [-0.05, 0) is 13.0 Å². The average molecular weight is 317 g/mol. The standard InChI is InChI=1S/C15H19N5O3/c1-5-23-12-7-6-10(8-16-12)14(21)18-11-9-17-15(22-4)19-13(11)20(2)3/h6-9H,5H2,1-4H3,(H,18,21). The summed E-state index contributed by atoms with van der Waals surface area (Å²) in [6, 6.07) is 3.53. The van der Waals surface area contributed by atoms with Crippen LogP contribution < -0.4 is 19.7 Å². The van der Waals surface area contributed by atoms with Crippen LogP contribution in [0.4, 0.5) is 11.5 Å². The lowest BCUT2D eigenvalue weighted by atomic mass is 10.2. The number of hydrogen-bond acceptors (Lipinski definition) is 7. The maximum Gasteiger partial charge on any atom is 0.318 e. The first-order valence-electron chi connectivity index (χ1n) is 7.03. The van der Waals surface area contributed by atoms with E-state index in [0.717, 1.165) is 0 Å². The number of aromatic nitrogens is 3. The minimum atomic E-state index is -0.308. The van der Waals surface area contributed by atoms with Crippen molar-refractivity contribution in [1.82, 2.24) is 15.0 Å². The van der Waals surface area contributed by atoms with Gasteiger partial charge in [0.05, 0.1) is 25.5 Å². The zero-order chi connectivity index (χ0) is 16.8. The van der Waals surface area contributed by atoms with Gasteiger partial charge in [0.1, 0.15) is 5.69 Å². The Kier molecular flexibility index (Phi) is 5.29. The number of ether oxygens (including phenoxy) is 2. The number of hydrogen-bond donors (Lipinski definition) is 1. The number of carbonyl (C=O) groups is 1. The summed E-state index contributed by atoms with van der Waals surface area (Å²) in [4.78, 5) is 26.4. The number of amides is 1. The summed E-state index contributed by atoms with van der Waals surface area (Å²) < 4.78 is 10.3. The van der Waals surface area contributed by atoms with E-state index < -0.39 is 0 Å². The van der Waals surface area contributed by atoms with Crippen molar-refractivity contribution in [2.24, 2.45) is 0 Å². The molecule has 2 aromatic heterocycles. The number of carbonyl (C=O) groups excluding carboxylic acids is 1. The Bertz CT molecular complexity index is 673. The summed E-state index contributed by atoms with van der Waals surface area (Å²) in [6.45, 7) is 2.39. The van der Waals surface area contributed by atoms with Crippen molar-refractivity contribution in [3.63, 3.8) is 0 Å². The highest BCUT2D eigenvalue weighted by molar-refractivity contribution is 6.05. The fourth-order valence-electron chi connectivity index (χ4n) is 1.83. The van der Waals surface area contributed by atoms with Gasteiger partial charge in [0.2, 0.25) is 5.88 Å². The zero-order valence-electron chi connectivity index (χ0n) is 13.5. The van der Waals surface area contributed by atoms with E-state index in [1.54, 1.807) is 17.0 Å². The van der Waals surface area contributed by atoms with Crippen molar-refractivity contribution in [2.75, 3.05) is 38.0 Å². The van der Waals surface area contributed by atoms with Crippen LogP contribution in [-0.2, 0) is 0 Å². The van der Waals surface area contributed by atoms with E-state index in [9.17, 15) is 4.79 Å². The molecule has 0 saturated carbocycles. The fraction of sp³-hybridized carbons (Fsp3) is 0.333. The lowest BCUT2D eigenvalue weighted by Crippen LogP contribution is -2.18. The van der Waals surface area contributed by atoms with Crippen molar-refractivity contribution in [3.05, 3.63) is 30.1 Å². The predicted octanol–water partition coefficient (Wildman–Crippen LogP) is 1.60. The Labute approximate surface area is 134 Å². The molecule has 2 rings (SSSR count). The molecule has 0 spiro atoms. The highest BCUT2D eigenvalue weighted by atomic mass is 16.5. The highest BCUT2D eigenvalue weighted by Gasteiger charge is 2.14. The van der Waals surface area contributed by atoms with Crippen LogP contribution in [0.3, 0.4) is 0 Å². The van der Waals surface area contributed by atoms with Gasteiger partial charge in [-0.25, -0.2) is 9.97 Å². The Morgan fingerprint density at radius 2 is 2.04 bits per heavy atom. The van der Waals surface area contributed by atoms with Crippen LogP contribution in [0.25, 0.3) is 0 Å². The summed E-state index contributed by atoms with van der Waals surface area (Å²) in [7, 11) is 5.12. The second-order valence-electron chi connectivity index (χ2n) is 4.76. The summed E-state index contributed by atoms with van der Waals surface area (Å²) in [6.07, 6.45) is 2.96. The molecule has 0 unspecified atom stereocenters. The molecule has 1 N–H and O–H groups in total. The summed E-state index contributed by atoms with van der Waals surface area (Å²) in [5.41, 5.74) is 0.892. The first-order chi connectivity index (χ1) is 11.0. The second-order valence-corrected chi connectivity index (χ2v) is 4.76. The number of nitrogens with one attached hydrogen (secondary N) is 1. The van der Waals surface area contributed by atoms with E-state index in [1.165, 1.54) is 19.5 Å². The lowest BCUT2D eigenvalue weighted by Gasteiger charge is -2.16. The number of rotatable bonds is 6. The van der Waals surface area contributed by atoms with Crippen LogP contribution in [-0.4, -0.2) is 48.7 Å². The molecule has 2 heterocycles. The third-order valence-electron chi connectivity index (χ3n) is 2.89. The van der Waals surface area contributed by atoms with Gasteiger partial charge in [0.25, 0.3) is 5.91 Å². The van der Waals surface area contributed by atoms with Crippen LogP contribution in [0.1, 0.15) is 17.3 Å². The molecule has 0 bridgehead atoms. The number of nitrogens with zero attached hydrogens (tertiary/aromatic N) is 4. The van der Waals surface area contributed by atoms with Gasteiger partial charge in [-0.1, -0.05) is 0 Å². The van der Waals surface area contributed by atoms with Gasteiger partial charge < -0.3 is 19.7 Å². The molecule has 1 amide bonds. The van der Waals surface area contributed by atoms with Crippen LogP contribution >= 0.6 is 0 Å². The Balaban J connectivity index is 2.19. The molecule has 8 nitrogen and oxygen atoms in total. The van der Waals surface area contributed by atoms with Gasteiger partial charge >= 0.3 is 6.01 Å². The SMILES string of the molecule is CCOc1ccc(C(=O)Nc2cnc(OC)nc2N(C)C)cn1. The van der Waals surface area contributed by atoms with Crippen molar-refractivity contribution in [1.29, 1.82) is 0 Å².